The molecule has 29 heavy (non-hydrogen) atoms. The first-order chi connectivity index (χ1) is 13.6. The molecule has 5 heteroatoms. The molecule has 152 valence electrons. The van der Waals surface area contributed by atoms with Gasteiger partial charge in [-0.3, -0.25) is 0 Å². The predicted octanol–water partition coefficient (Wildman–Crippen LogP) is 6.00. The number of ether oxygens (including phenoxy) is 1. The highest BCUT2D eigenvalue weighted by Crippen LogP contribution is 2.47. The van der Waals surface area contributed by atoms with E-state index in [-0.39, 0.29) is 28.8 Å². The summed E-state index contributed by atoms with van der Waals surface area (Å²) < 4.78 is 12.2. The SMILES string of the molecule is C=C(C)[C@@H](C)c1c(O)cc(O)c2cc(-c3cc(O)cc4c3CCC(C)(C)O4)oc12. The molecule has 1 aliphatic heterocycles. The molecule has 0 saturated heterocycles. The lowest BCUT2D eigenvalue weighted by molar-refractivity contribution is 0.0845. The van der Waals surface area contributed by atoms with Crippen LogP contribution in [0.4, 0.5) is 0 Å². The summed E-state index contributed by atoms with van der Waals surface area (Å²) in [4.78, 5) is 0. The molecule has 2 heterocycles. The van der Waals surface area contributed by atoms with Crippen LogP contribution in [0.25, 0.3) is 22.3 Å². The largest absolute Gasteiger partial charge is 0.508 e. The van der Waals surface area contributed by atoms with Crippen molar-refractivity contribution in [1.82, 2.24) is 0 Å². The van der Waals surface area contributed by atoms with E-state index in [1.165, 1.54) is 6.07 Å². The second kappa shape index (κ2) is 6.48. The van der Waals surface area contributed by atoms with Crippen LogP contribution in [-0.4, -0.2) is 20.9 Å². The molecule has 1 aromatic heterocycles. The lowest BCUT2D eigenvalue weighted by Crippen LogP contribution is -2.32. The molecule has 0 aliphatic carbocycles. The molecule has 0 saturated carbocycles. The van der Waals surface area contributed by atoms with Gasteiger partial charge in [-0.25, -0.2) is 0 Å². The zero-order valence-corrected chi connectivity index (χ0v) is 17.2. The van der Waals surface area contributed by atoms with E-state index in [4.69, 9.17) is 9.15 Å². The van der Waals surface area contributed by atoms with Crippen molar-refractivity contribution in [2.45, 2.75) is 52.1 Å². The predicted molar refractivity (Wildman–Crippen MR) is 113 cm³/mol. The maximum Gasteiger partial charge on any atom is 0.146 e. The fraction of sp³-hybridized carbons (Fsp3) is 0.333. The minimum atomic E-state index is -0.305. The van der Waals surface area contributed by atoms with Gasteiger partial charge in [-0.1, -0.05) is 19.1 Å². The molecule has 0 unspecified atom stereocenters. The fourth-order valence-electron chi connectivity index (χ4n) is 3.95. The van der Waals surface area contributed by atoms with Crippen LogP contribution in [0.2, 0.25) is 0 Å². The van der Waals surface area contributed by atoms with Crippen LogP contribution in [0.3, 0.4) is 0 Å². The number of phenolic OH excluding ortho intramolecular Hbond substituents is 3. The molecule has 0 amide bonds. The van der Waals surface area contributed by atoms with Crippen LogP contribution in [-0.2, 0) is 6.42 Å². The molecule has 2 aromatic carbocycles. The third-order valence-corrected chi connectivity index (χ3v) is 5.80. The first-order valence-corrected chi connectivity index (χ1v) is 9.76. The van der Waals surface area contributed by atoms with Gasteiger partial charge in [0.25, 0.3) is 0 Å². The zero-order chi connectivity index (χ0) is 21.1. The van der Waals surface area contributed by atoms with E-state index in [0.717, 1.165) is 29.5 Å². The molecular formula is C24H26O5. The van der Waals surface area contributed by atoms with Crippen molar-refractivity contribution in [2.75, 3.05) is 0 Å². The number of rotatable bonds is 3. The normalized spacial score (nSPS) is 16.3. The molecular weight excluding hydrogens is 368 g/mol. The maximum absolute atomic E-state index is 10.5. The van der Waals surface area contributed by atoms with E-state index in [1.807, 2.05) is 27.7 Å². The highest BCUT2D eigenvalue weighted by molar-refractivity contribution is 5.93. The number of benzene rings is 2. The summed E-state index contributed by atoms with van der Waals surface area (Å²) in [6.07, 6.45) is 1.61. The molecule has 0 radical (unpaired) electrons. The Hall–Kier alpha value is -3.08. The summed E-state index contributed by atoms with van der Waals surface area (Å²) in [7, 11) is 0. The van der Waals surface area contributed by atoms with E-state index in [2.05, 4.69) is 6.58 Å². The summed E-state index contributed by atoms with van der Waals surface area (Å²) in [5.74, 6) is 0.982. The van der Waals surface area contributed by atoms with Crippen LogP contribution in [0.15, 0.2) is 40.8 Å². The lowest BCUT2D eigenvalue weighted by Gasteiger charge is -2.33. The lowest BCUT2D eigenvalue weighted by atomic mass is 9.90. The molecule has 1 aliphatic rings. The van der Waals surface area contributed by atoms with Crippen molar-refractivity contribution < 1.29 is 24.5 Å². The van der Waals surface area contributed by atoms with Crippen LogP contribution in [0.5, 0.6) is 23.0 Å². The smallest absolute Gasteiger partial charge is 0.146 e. The van der Waals surface area contributed by atoms with Crippen molar-refractivity contribution in [2.24, 2.45) is 0 Å². The van der Waals surface area contributed by atoms with Crippen LogP contribution < -0.4 is 4.74 Å². The van der Waals surface area contributed by atoms with Crippen molar-refractivity contribution >= 4 is 11.0 Å². The summed E-state index contributed by atoms with van der Waals surface area (Å²) in [6, 6.07) is 6.35. The van der Waals surface area contributed by atoms with Gasteiger partial charge in [0.15, 0.2) is 0 Å². The molecule has 3 N–H and O–H groups in total. The third kappa shape index (κ3) is 3.20. The highest BCUT2D eigenvalue weighted by atomic mass is 16.5. The van der Waals surface area contributed by atoms with E-state index in [1.54, 1.807) is 18.2 Å². The second-order valence-corrected chi connectivity index (χ2v) is 8.58. The number of aromatic hydroxyl groups is 3. The summed E-state index contributed by atoms with van der Waals surface area (Å²) in [5, 5.41) is 31.6. The van der Waals surface area contributed by atoms with E-state index in [0.29, 0.717) is 28.0 Å². The Morgan fingerprint density at radius 2 is 1.83 bits per heavy atom. The standard InChI is InChI=1S/C24H26O5/c1-12(2)13(3)22-19(27)11-18(26)17-10-20(28-23(17)22)16-8-14(25)9-21-15(16)6-7-24(4,5)29-21/h8-11,13,25-27H,1,6-7H2,2-5H3/t13-/m1/s1. The second-order valence-electron chi connectivity index (χ2n) is 8.58. The van der Waals surface area contributed by atoms with E-state index >= 15 is 0 Å². The van der Waals surface area contributed by atoms with Gasteiger partial charge in [0.2, 0.25) is 0 Å². The Bertz CT molecular complexity index is 1140. The number of furan rings is 1. The van der Waals surface area contributed by atoms with Gasteiger partial charge < -0.3 is 24.5 Å². The summed E-state index contributed by atoms with van der Waals surface area (Å²) in [5.41, 5.74) is 3.25. The van der Waals surface area contributed by atoms with Gasteiger partial charge >= 0.3 is 0 Å². The Labute approximate surface area is 169 Å². The Morgan fingerprint density at radius 3 is 2.52 bits per heavy atom. The first kappa shape index (κ1) is 19.2. The number of phenols is 3. The number of allylic oxidation sites excluding steroid dienone is 1. The van der Waals surface area contributed by atoms with Crippen LogP contribution >= 0.6 is 0 Å². The molecule has 0 bridgehead atoms. The van der Waals surface area contributed by atoms with E-state index < -0.39 is 0 Å². The number of fused-ring (bicyclic) bond motifs is 2. The minimum absolute atomic E-state index is 0.0329. The Kier molecular flexibility index (Phi) is 4.30. The minimum Gasteiger partial charge on any atom is -0.508 e. The molecule has 3 aromatic rings. The van der Waals surface area contributed by atoms with Gasteiger partial charge in [0.1, 0.15) is 39.9 Å². The summed E-state index contributed by atoms with van der Waals surface area (Å²) >= 11 is 0. The third-order valence-electron chi connectivity index (χ3n) is 5.80. The van der Waals surface area contributed by atoms with Crippen LogP contribution in [0.1, 0.15) is 51.2 Å². The topological polar surface area (TPSA) is 83.1 Å². The van der Waals surface area contributed by atoms with Gasteiger partial charge in [0.05, 0.1) is 5.39 Å². The Balaban J connectivity index is 1.95. The maximum atomic E-state index is 10.5. The van der Waals surface area contributed by atoms with Crippen molar-refractivity contribution in [1.29, 1.82) is 0 Å². The van der Waals surface area contributed by atoms with Gasteiger partial charge in [-0.15, -0.1) is 0 Å². The average molecular weight is 394 g/mol. The quantitative estimate of drug-likeness (QED) is 0.475. The van der Waals surface area contributed by atoms with Crippen molar-refractivity contribution in [3.63, 3.8) is 0 Å². The first-order valence-electron chi connectivity index (χ1n) is 9.76. The molecule has 5 nitrogen and oxygen atoms in total. The van der Waals surface area contributed by atoms with Gasteiger partial charge in [0, 0.05) is 34.7 Å². The monoisotopic (exact) mass is 394 g/mol. The highest BCUT2D eigenvalue weighted by Gasteiger charge is 2.30. The zero-order valence-electron chi connectivity index (χ0n) is 17.2. The molecule has 0 spiro atoms. The summed E-state index contributed by atoms with van der Waals surface area (Å²) in [6.45, 7) is 11.8. The molecule has 1 atom stereocenters. The fourth-order valence-corrected chi connectivity index (χ4v) is 3.95. The van der Waals surface area contributed by atoms with E-state index in [9.17, 15) is 15.3 Å². The number of hydrogen-bond donors (Lipinski definition) is 3. The van der Waals surface area contributed by atoms with Crippen LogP contribution in [0, 0.1) is 0 Å². The van der Waals surface area contributed by atoms with Crippen molar-refractivity contribution in [3.05, 3.63) is 47.5 Å². The Morgan fingerprint density at radius 1 is 1.10 bits per heavy atom. The van der Waals surface area contributed by atoms with Crippen molar-refractivity contribution in [3.8, 4) is 34.3 Å². The number of hydrogen-bond acceptors (Lipinski definition) is 5. The average Bonchev–Trinajstić information content (AvgIpc) is 3.05. The molecule has 0 fully saturated rings. The van der Waals surface area contributed by atoms with Gasteiger partial charge in [-0.05, 0) is 45.7 Å². The molecule has 4 rings (SSSR count). The van der Waals surface area contributed by atoms with Gasteiger partial charge in [-0.2, -0.15) is 0 Å².